The molecular weight excluding hydrogens is 274 g/mol. The number of carbonyl (C=O) groups excluding carboxylic acids is 1. The molecule has 0 aromatic heterocycles. The average molecular weight is 291 g/mol. The van der Waals surface area contributed by atoms with Gasteiger partial charge in [0.15, 0.2) is 11.5 Å². The van der Waals surface area contributed by atoms with E-state index < -0.39 is 5.97 Å². The number of carboxylic acids is 1. The highest BCUT2D eigenvalue weighted by Crippen LogP contribution is 2.32. The molecule has 2 rings (SSSR count). The van der Waals surface area contributed by atoms with E-state index >= 15 is 0 Å². The summed E-state index contributed by atoms with van der Waals surface area (Å²) in [4.78, 5) is 24.5. The number of hydrogen-bond acceptors (Lipinski definition) is 4. The summed E-state index contributed by atoms with van der Waals surface area (Å²) >= 11 is 0. The Balaban J connectivity index is 2.11. The van der Waals surface area contributed by atoms with Crippen LogP contribution in [0.3, 0.4) is 0 Å². The van der Waals surface area contributed by atoms with E-state index in [9.17, 15) is 9.59 Å². The lowest BCUT2D eigenvalue weighted by Gasteiger charge is -2.18. The first kappa shape index (κ1) is 14.9. The monoisotopic (exact) mass is 291 g/mol. The van der Waals surface area contributed by atoms with Gasteiger partial charge in [0.05, 0.1) is 0 Å². The van der Waals surface area contributed by atoms with Gasteiger partial charge in [0.25, 0.3) is 0 Å². The van der Waals surface area contributed by atoms with Crippen molar-refractivity contribution in [3.05, 3.63) is 34.9 Å². The van der Waals surface area contributed by atoms with Gasteiger partial charge in [-0.2, -0.15) is 0 Å². The molecule has 21 heavy (non-hydrogen) atoms. The third-order valence-electron chi connectivity index (χ3n) is 3.41. The molecular formula is C15H17NO5. The van der Waals surface area contributed by atoms with Gasteiger partial charge in [-0.3, -0.25) is 4.79 Å². The molecule has 0 saturated heterocycles. The van der Waals surface area contributed by atoms with Crippen LogP contribution in [-0.4, -0.2) is 35.7 Å². The van der Waals surface area contributed by atoms with Crippen molar-refractivity contribution in [2.75, 3.05) is 13.8 Å². The number of nitrogens with zero attached hydrogens (tertiary/aromatic N) is 1. The second kappa shape index (κ2) is 5.87. The average Bonchev–Trinajstić information content (AvgIpc) is 2.92. The lowest BCUT2D eigenvalue weighted by Crippen LogP contribution is -2.28. The Bertz CT molecular complexity index is 620. The summed E-state index contributed by atoms with van der Waals surface area (Å²) in [5, 5.41) is 8.92. The molecule has 6 nitrogen and oxygen atoms in total. The molecule has 0 bridgehead atoms. The summed E-state index contributed by atoms with van der Waals surface area (Å²) < 4.78 is 10.5. The van der Waals surface area contributed by atoms with Crippen molar-refractivity contribution < 1.29 is 24.2 Å². The number of carboxylic acid groups (broad SMARTS) is 1. The number of likely N-dealkylation sites (N-methyl/N-ethyl adjacent to an activating group) is 1. The van der Waals surface area contributed by atoms with Gasteiger partial charge in [0.2, 0.25) is 12.7 Å². The third kappa shape index (κ3) is 3.16. The minimum atomic E-state index is -1.09. The van der Waals surface area contributed by atoms with Crippen molar-refractivity contribution in [3.63, 3.8) is 0 Å². The van der Waals surface area contributed by atoms with Crippen LogP contribution >= 0.6 is 0 Å². The maximum Gasteiger partial charge on any atom is 0.331 e. The number of amides is 1. The van der Waals surface area contributed by atoms with E-state index in [2.05, 4.69) is 0 Å². The van der Waals surface area contributed by atoms with Crippen molar-refractivity contribution in [2.24, 2.45) is 0 Å². The number of rotatable bonds is 4. The third-order valence-corrected chi connectivity index (χ3v) is 3.41. The summed E-state index contributed by atoms with van der Waals surface area (Å²) in [5.41, 5.74) is 1.17. The molecule has 1 N–H and O–H groups in total. The molecule has 1 aromatic carbocycles. The Morgan fingerprint density at radius 2 is 1.86 bits per heavy atom. The molecule has 0 saturated carbocycles. The maximum absolute atomic E-state index is 12.2. The Labute approximate surface area is 122 Å². The Morgan fingerprint density at radius 1 is 1.19 bits per heavy atom. The second-order valence-electron chi connectivity index (χ2n) is 4.90. The van der Waals surface area contributed by atoms with Crippen LogP contribution in [0.1, 0.15) is 19.4 Å². The predicted molar refractivity (Wildman–Crippen MR) is 75.0 cm³/mol. The first-order valence-corrected chi connectivity index (χ1v) is 6.45. The van der Waals surface area contributed by atoms with Crippen LogP contribution in [0.25, 0.3) is 0 Å². The molecule has 0 fully saturated rings. The first-order chi connectivity index (χ1) is 9.90. The summed E-state index contributed by atoms with van der Waals surface area (Å²) in [6.07, 6.45) is 0. The van der Waals surface area contributed by atoms with Gasteiger partial charge in [-0.15, -0.1) is 0 Å². The highest BCUT2D eigenvalue weighted by molar-refractivity contribution is 6.01. The van der Waals surface area contributed by atoms with Crippen molar-refractivity contribution >= 4 is 11.9 Å². The van der Waals surface area contributed by atoms with Crippen molar-refractivity contribution in [3.8, 4) is 11.5 Å². The quantitative estimate of drug-likeness (QED) is 0.856. The Hall–Kier alpha value is -2.50. The predicted octanol–water partition coefficient (Wildman–Crippen LogP) is 1.79. The fourth-order valence-electron chi connectivity index (χ4n) is 1.99. The van der Waals surface area contributed by atoms with Crippen molar-refractivity contribution in [2.45, 2.75) is 20.4 Å². The highest BCUT2D eigenvalue weighted by Gasteiger charge is 2.18. The van der Waals surface area contributed by atoms with E-state index in [0.717, 1.165) is 5.56 Å². The van der Waals surface area contributed by atoms with Crippen LogP contribution in [0.5, 0.6) is 11.5 Å². The van der Waals surface area contributed by atoms with E-state index in [0.29, 0.717) is 18.0 Å². The van der Waals surface area contributed by atoms with Gasteiger partial charge in [-0.05, 0) is 31.5 Å². The summed E-state index contributed by atoms with van der Waals surface area (Å²) in [5.74, 6) is -0.0576. The number of ether oxygens (including phenoxy) is 2. The Morgan fingerprint density at radius 3 is 2.52 bits per heavy atom. The van der Waals surface area contributed by atoms with Gasteiger partial charge in [0.1, 0.15) is 0 Å². The summed E-state index contributed by atoms with van der Waals surface area (Å²) in [7, 11) is 1.63. The fraction of sp³-hybridized carbons (Fsp3) is 0.333. The van der Waals surface area contributed by atoms with Crippen molar-refractivity contribution in [1.82, 2.24) is 4.90 Å². The Kier molecular flexibility index (Phi) is 4.16. The SMILES string of the molecule is CC(C(=O)O)=C(C)C(=O)N(C)Cc1ccc2c(c1)OCO2. The van der Waals surface area contributed by atoms with Gasteiger partial charge in [0, 0.05) is 24.7 Å². The standard InChI is InChI=1S/C15H17NO5/c1-9(10(2)15(18)19)14(17)16(3)7-11-4-5-12-13(6-11)21-8-20-12/h4-6H,7-8H2,1-3H3,(H,18,19). The zero-order valence-corrected chi connectivity index (χ0v) is 12.2. The van der Waals surface area contributed by atoms with Gasteiger partial charge >= 0.3 is 5.97 Å². The zero-order valence-electron chi connectivity index (χ0n) is 12.2. The van der Waals surface area contributed by atoms with Crippen molar-refractivity contribution in [1.29, 1.82) is 0 Å². The fourth-order valence-corrected chi connectivity index (χ4v) is 1.99. The zero-order chi connectivity index (χ0) is 15.6. The molecule has 1 heterocycles. The molecule has 0 radical (unpaired) electrons. The molecule has 1 aliphatic rings. The molecule has 0 atom stereocenters. The number of hydrogen-bond donors (Lipinski definition) is 1. The summed E-state index contributed by atoms with van der Waals surface area (Å²) in [6.45, 7) is 3.50. The molecule has 1 amide bonds. The van der Waals surface area contributed by atoms with Crippen LogP contribution in [0.4, 0.5) is 0 Å². The minimum Gasteiger partial charge on any atom is -0.478 e. The minimum absolute atomic E-state index is 0.0533. The molecule has 6 heteroatoms. The number of benzene rings is 1. The van der Waals surface area contributed by atoms with Gasteiger partial charge in [-0.25, -0.2) is 4.79 Å². The van der Waals surface area contributed by atoms with E-state index in [4.69, 9.17) is 14.6 Å². The van der Waals surface area contributed by atoms with Crippen LogP contribution in [0.15, 0.2) is 29.3 Å². The number of aliphatic carboxylic acids is 1. The van der Waals surface area contributed by atoms with E-state index in [1.54, 1.807) is 13.1 Å². The van der Waals surface area contributed by atoms with Crippen LogP contribution in [0, 0.1) is 0 Å². The summed E-state index contributed by atoms with van der Waals surface area (Å²) in [6, 6.07) is 5.46. The van der Waals surface area contributed by atoms with Crippen LogP contribution < -0.4 is 9.47 Å². The smallest absolute Gasteiger partial charge is 0.331 e. The largest absolute Gasteiger partial charge is 0.478 e. The normalized spacial score (nSPS) is 13.7. The van der Waals surface area contributed by atoms with Crippen LogP contribution in [-0.2, 0) is 16.1 Å². The lowest BCUT2D eigenvalue weighted by atomic mass is 10.1. The molecule has 0 spiro atoms. The molecule has 1 aromatic rings. The second-order valence-corrected chi connectivity index (χ2v) is 4.90. The molecule has 0 unspecified atom stereocenters. The van der Waals surface area contributed by atoms with Crippen LogP contribution in [0.2, 0.25) is 0 Å². The first-order valence-electron chi connectivity index (χ1n) is 6.45. The van der Waals surface area contributed by atoms with E-state index in [1.807, 2.05) is 12.1 Å². The molecule has 112 valence electrons. The molecule has 0 aliphatic carbocycles. The maximum atomic E-state index is 12.2. The topological polar surface area (TPSA) is 76.1 Å². The van der Waals surface area contributed by atoms with E-state index in [-0.39, 0.29) is 23.8 Å². The van der Waals surface area contributed by atoms with Gasteiger partial charge < -0.3 is 19.5 Å². The molecule has 1 aliphatic heterocycles. The van der Waals surface area contributed by atoms with Gasteiger partial charge in [-0.1, -0.05) is 6.07 Å². The number of fused-ring (bicyclic) bond motifs is 1. The number of carbonyl (C=O) groups is 2. The lowest BCUT2D eigenvalue weighted by molar-refractivity contribution is -0.133. The highest BCUT2D eigenvalue weighted by atomic mass is 16.7. The van der Waals surface area contributed by atoms with E-state index in [1.165, 1.54) is 18.7 Å².